The minimum atomic E-state index is -0.289. The van der Waals surface area contributed by atoms with Crippen LogP contribution < -0.4 is 10.2 Å². The Balaban J connectivity index is 1.80. The Hall–Kier alpha value is -3.48. The van der Waals surface area contributed by atoms with Crippen LogP contribution in [-0.2, 0) is 11.8 Å². The van der Waals surface area contributed by atoms with Crippen molar-refractivity contribution < 1.29 is 9.59 Å². The van der Waals surface area contributed by atoms with Crippen molar-refractivity contribution in [3.63, 3.8) is 0 Å². The molecule has 2 amide bonds. The molecule has 2 aromatic heterocycles. The molecule has 0 radical (unpaired) electrons. The highest BCUT2D eigenvalue weighted by Crippen LogP contribution is 2.18. The van der Waals surface area contributed by atoms with Gasteiger partial charge in [-0.2, -0.15) is 0 Å². The van der Waals surface area contributed by atoms with Crippen LogP contribution in [-0.4, -0.2) is 33.4 Å². The number of aromatic nitrogens is 3. The molecule has 3 aromatic rings. The summed E-state index contributed by atoms with van der Waals surface area (Å²) in [6.45, 7) is 3.46. The van der Waals surface area contributed by atoms with E-state index < -0.39 is 0 Å². The average molecular weight is 335 g/mol. The molecular weight excluding hydrogens is 318 g/mol. The van der Waals surface area contributed by atoms with Crippen LogP contribution in [0, 0.1) is 0 Å². The van der Waals surface area contributed by atoms with E-state index in [2.05, 4.69) is 21.9 Å². The zero-order chi connectivity index (χ0) is 18.0. The second kappa shape index (κ2) is 6.56. The fourth-order valence-electron chi connectivity index (χ4n) is 2.41. The van der Waals surface area contributed by atoms with E-state index >= 15 is 0 Å². The fourth-order valence-corrected chi connectivity index (χ4v) is 2.41. The lowest BCUT2D eigenvalue weighted by Gasteiger charge is -2.15. The number of imidazole rings is 1. The Morgan fingerprint density at radius 2 is 1.96 bits per heavy atom. The van der Waals surface area contributed by atoms with Crippen molar-refractivity contribution in [2.45, 2.75) is 0 Å². The summed E-state index contributed by atoms with van der Waals surface area (Å²) in [6, 6.07) is 10.3. The third-order valence-electron chi connectivity index (χ3n) is 3.88. The topological polar surface area (TPSA) is 80.1 Å². The SMILES string of the molecule is C=CC(=O)N(C)c1ccc(C(=O)Nc2nc3cccnc3n2C)cc1. The Morgan fingerprint density at radius 1 is 1.24 bits per heavy atom. The molecule has 0 aliphatic heterocycles. The summed E-state index contributed by atoms with van der Waals surface area (Å²) >= 11 is 0. The summed E-state index contributed by atoms with van der Waals surface area (Å²) in [5, 5.41) is 2.77. The monoisotopic (exact) mass is 335 g/mol. The van der Waals surface area contributed by atoms with E-state index in [0.29, 0.717) is 28.4 Å². The van der Waals surface area contributed by atoms with Gasteiger partial charge in [0, 0.05) is 31.5 Å². The third kappa shape index (κ3) is 3.12. The van der Waals surface area contributed by atoms with Crippen LogP contribution in [0.4, 0.5) is 11.6 Å². The first-order chi connectivity index (χ1) is 12.0. The standard InChI is InChI=1S/C18H17N5O2/c1-4-15(24)22(2)13-9-7-12(8-10-13)17(25)21-18-20-14-6-5-11-19-16(14)23(18)3/h4-11H,1H2,2-3H3,(H,20,21,25). The van der Waals surface area contributed by atoms with Crippen LogP contribution in [0.1, 0.15) is 10.4 Å². The zero-order valence-corrected chi connectivity index (χ0v) is 13.9. The molecule has 25 heavy (non-hydrogen) atoms. The molecule has 1 N–H and O–H groups in total. The number of carbonyl (C=O) groups excluding carboxylic acids is 2. The molecule has 0 aliphatic rings. The number of nitrogens with one attached hydrogen (secondary N) is 1. The van der Waals surface area contributed by atoms with E-state index in [-0.39, 0.29) is 11.8 Å². The first-order valence-electron chi connectivity index (χ1n) is 7.60. The van der Waals surface area contributed by atoms with Crippen LogP contribution >= 0.6 is 0 Å². The van der Waals surface area contributed by atoms with Gasteiger partial charge >= 0.3 is 0 Å². The van der Waals surface area contributed by atoms with E-state index in [0.717, 1.165) is 0 Å². The molecule has 0 saturated heterocycles. The lowest BCUT2D eigenvalue weighted by molar-refractivity contribution is -0.113. The predicted octanol–water partition coefficient (Wildman–Crippen LogP) is 2.37. The van der Waals surface area contributed by atoms with Crippen LogP contribution in [0.25, 0.3) is 11.2 Å². The molecule has 126 valence electrons. The molecule has 0 unspecified atom stereocenters. The maximum Gasteiger partial charge on any atom is 0.257 e. The number of fused-ring (bicyclic) bond motifs is 1. The highest BCUT2D eigenvalue weighted by Gasteiger charge is 2.14. The molecule has 0 atom stereocenters. The third-order valence-corrected chi connectivity index (χ3v) is 3.88. The van der Waals surface area contributed by atoms with Gasteiger partial charge in [0.1, 0.15) is 5.52 Å². The Kier molecular flexibility index (Phi) is 4.30. The van der Waals surface area contributed by atoms with E-state index in [9.17, 15) is 9.59 Å². The van der Waals surface area contributed by atoms with Gasteiger partial charge in [-0.1, -0.05) is 6.58 Å². The first kappa shape index (κ1) is 16.4. The summed E-state index contributed by atoms with van der Waals surface area (Å²) in [6.07, 6.45) is 2.91. The summed E-state index contributed by atoms with van der Waals surface area (Å²) in [4.78, 5) is 34.1. The number of aryl methyl sites for hydroxylation is 1. The van der Waals surface area contributed by atoms with Gasteiger partial charge in [-0.3, -0.25) is 19.5 Å². The molecule has 7 nitrogen and oxygen atoms in total. The zero-order valence-electron chi connectivity index (χ0n) is 13.9. The molecular formula is C18H17N5O2. The lowest BCUT2D eigenvalue weighted by atomic mass is 10.2. The van der Waals surface area contributed by atoms with E-state index in [1.165, 1.54) is 11.0 Å². The van der Waals surface area contributed by atoms with Gasteiger partial charge in [-0.05, 0) is 42.5 Å². The van der Waals surface area contributed by atoms with Gasteiger partial charge in [0.05, 0.1) is 0 Å². The number of benzene rings is 1. The van der Waals surface area contributed by atoms with Gasteiger partial charge in [-0.25, -0.2) is 9.97 Å². The number of hydrogen-bond donors (Lipinski definition) is 1. The normalized spacial score (nSPS) is 10.5. The quantitative estimate of drug-likeness (QED) is 0.742. The van der Waals surface area contributed by atoms with Gasteiger partial charge in [0.25, 0.3) is 5.91 Å². The predicted molar refractivity (Wildman–Crippen MR) is 96.5 cm³/mol. The second-order valence-electron chi connectivity index (χ2n) is 5.44. The summed E-state index contributed by atoms with van der Waals surface area (Å²) in [5.41, 5.74) is 2.54. The van der Waals surface area contributed by atoms with Gasteiger partial charge in [0.2, 0.25) is 11.9 Å². The van der Waals surface area contributed by atoms with E-state index in [4.69, 9.17) is 0 Å². The molecule has 0 aliphatic carbocycles. The van der Waals surface area contributed by atoms with Gasteiger partial charge in [-0.15, -0.1) is 0 Å². The molecule has 7 heteroatoms. The molecule has 1 aromatic carbocycles. The summed E-state index contributed by atoms with van der Waals surface area (Å²) < 4.78 is 1.72. The van der Waals surface area contributed by atoms with Crippen molar-refractivity contribution in [3.8, 4) is 0 Å². The van der Waals surface area contributed by atoms with Crippen molar-refractivity contribution in [3.05, 3.63) is 60.8 Å². The molecule has 0 bridgehead atoms. The van der Waals surface area contributed by atoms with Crippen molar-refractivity contribution >= 4 is 34.6 Å². The maximum absolute atomic E-state index is 12.4. The van der Waals surface area contributed by atoms with Crippen molar-refractivity contribution in [2.24, 2.45) is 7.05 Å². The van der Waals surface area contributed by atoms with Crippen LogP contribution in [0.2, 0.25) is 0 Å². The fraction of sp³-hybridized carbons (Fsp3) is 0.111. The summed E-state index contributed by atoms with van der Waals surface area (Å²) in [7, 11) is 3.43. The van der Waals surface area contributed by atoms with Crippen molar-refractivity contribution in [2.75, 3.05) is 17.3 Å². The number of carbonyl (C=O) groups is 2. The highest BCUT2D eigenvalue weighted by molar-refractivity contribution is 6.05. The molecule has 3 rings (SSSR count). The lowest BCUT2D eigenvalue weighted by Crippen LogP contribution is -2.23. The average Bonchev–Trinajstić information content (AvgIpc) is 2.96. The largest absolute Gasteiger partial charge is 0.312 e. The molecule has 2 heterocycles. The van der Waals surface area contributed by atoms with Gasteiger partial charge < -0.3 is 4.90 Å². The second-order valence-corrected chi connectivity index (χ2v) is 5.44. The van der Waals surface area contributed by atoms with Crippen LogP contribution in [0.5, 0.6) is 0 Å². The minimum Gasteiger partial charge on any atom is -0.312 e. The number of anilines is 2. The number of pyridine rings is 1. The van der Waals surface area contributed by atoms with Crippen molar-refractivity contribution in [1.29, 1.82) is 0 Å². The Bertz CT molecular complexity index is 959. The smallest absolute Gasteiger partial charge is 0.257 e. The Morgan fingerprint density at radius 3 is 2.60 bits per heavy atom. The van der Waals surface area contributed by atoms with E-state index in [1.54, 1.807) is 55.2 Å². The number of rotatable bonds is 4. The van der Waals surface area contributed by atoms with Crippen molar-refractivity contribution in [1.82, 2.24) is 14.5 Å². The molecule has 0 fully saturated rings. The number of nitrogens with zero attached hydrogens (tertiary/aromatic N) is 4. The number of amides is 2. The minimum absolute atomic E-state index is 0.218. The number of hydrogen-bond acceptors (Lipinski definition) is 4. The summed E-state index contributed by atoms with van der Waals surface area (Å²) in [5.74, 6) is -0.0891. The maximum atomic E-state index is 12.4. The molecule has 0 saturated carbocycles. The van der Waals surface area contributed by atoms with Crippen LogP contribution in [0.3, 0.4) is 0 Å². The first-order valence-corrected chi connectivity index (χ1v) is 7.60. The Labute approximate surface area is 144 Å². The van der Waals surface area contributed by atoms with Crippen LogP contribution in [0.15, 0.2) is 55.3 Å². The van der Waals surface area contributed by atoms with E-state index in [1.807, 2.05) is 6.07 Å². The number of likely N-dealkylation sites (N-methyl/N-ethyl adjacent to an activating group) is 1. The molecule has 0 spiro atoms. The van der Waals surface area contributed by atoms with Gasteiger partial charge in [0.15, 0.2) is 5.65 Å². The highest BCUT2D eigenvalue weighted by atomic mass is 16.2.